The summed E-state index contributed by atoms with van der Waals surface area (Å²) in [5.41, 5.74) is 0. The molecule has 0 radical (unpaired) electrons. The zero-order valence-electron chi connectivity index (χ0n) is 7.52. The Balaban J connectivity index is 2.11. The molecular weight excluding hydrogens is 160 g/mol. The summed E-state index contributed by atoms with van der Waals surface area (Å²) in [7, 11) is 0. The van der Waals surface area contributed by atoms with Crippen molar-refractivity contribution >= 4 is 0 Å². The maximum Gasteiger partial charge on any atom is 0.250 e. The molecule has 2 atom stereocenters. The molecule has 1 aliphatic carbocycles. The summed E-state index contributed by atoms with van der Waals surface area (Å²) >= 11 is 0. The van der Waals surface area contributed by atoms with Gasteiger partial charge in [0.05, 0.1) is 6.54 Å². The van der Waals surface area contributed by atoms with Crippen LogP contribution in [0.5, 0.6) is 0 Å². The molecule has 2 unspecified atom stereocenters. The first-order valence-electron chi connectivity index (χ1n) is 4.74. The van der Waals surface area contributed by atoms with Crippen molar-refractivity contribution in [1.82, 2.24) is 5.32 Å². The topological polar surface area (TPSA) is 12.0 Å². The second-order valence-electron chi connectivity index (χ2n) is 3.58. The lowest BCUT2D eigenvalue weighted by Crippen LogP contribution is -2.30. The lowest BCUT2D eigenvalue weighted by molar-refractivity contribution is 0.141. The first-order valence-corrected chi connectivity index (χ1v) is 4.74. The van der Waals surface area contributed by atoms with Crippen LogP contribution < -0.4 is 5.32 Å². The van der Waals surface area contributed by atoms with Gasteiger partial charge in [0.25, 0.3) is 6.43 Å². The molecule has 0 aromatic carbocycles. The van der Waals surface area contributed by atoms with Gasteiger partial charge in [0.1, 0.15) is 0 Å². The van der Waals surface area contributed by atoms with Crippen LogP contribution >= 0.6 is 0 Å². The van der Waals surface area contributed by atoms with Crippen LogP contribution in [-0.2, 0) is 0 Å². The highest BCUT2D eigenvalue weighted by Crippen LogP contribution is 2.27. The van der Waals surface area contributed by atoms with Crippen molar-refractivity contribution < 1.29 is 8.78 Å². The quantitative estimate of drug-likeness (QED) is 0.695. The fourth-order valence-electron chi connectivity index (χ4n) is 1.89. The molecule has 0 aromatic rings. The van der Waals surface area contributed by atoms with Crippen LogP contribution in [0.25, 0.3) is 0 Å². The lowest BCUT2D eigenvalue weighted by atomic mass is 10.1. The normalized spacial score (nSPS) is 30.0. The molecule has 0 aromatic heterocycles. The van der Waals surface area contributed by atoms with Gasteiger partial charge in [0.15, 0.2) is 0 Å². The van der Waals surface area contributed by atoms with Crippen LogP contribution in [-0.4, -0.2) is 19.0 Å². The third-order valence-corrected chi connectivity index (χ3v) is 2.68. The highest BCUT2D eigenvalue weighted by molar-refractivity contribution is 4.79. The third kappa shape index (κ3) is 3.05. The average Bonchev–Trinajstić information content (AvgIpc) is 2.48. The minimum absolute atomic E-state index is 0.138. The van der Waals surface area contributed by atoms with Crippen LogP contribution in [0, 0.1) is 5.92 Å². The van der Waals surface area contributed by atoms with Crippen LogP contribution in [0.3, 0.4) is 0 Å². The van der Waals surface area contributed by atoms with E-state index in [0.717, 1.165) is 18.8 Å². The second kappa shape index (κ2) is 4.75. The van der Waals surface area contributed by atoms with Gasteiger partial charge >= 0.3 is 0 Å². The van der Waals surface area contributed by atoms with Crippen LogP contribution in [0.1, 0.15) is 32.6 Å². The molecule has 12 heavy (non-hydrogen) atoms. The predicted octanol–water partition coefficient (Wildman–Crippen LogP) is 2.42. The SMILES string of the molecule is CCC1CCC(NCC(F)F)C1. The number of hydrogen-bond donors (Lipinski definition) is 1. The predicted molar refractivity (Wildman–Crippen MR) is 45.4 cm³/mol. The van der Waals surface area contributed by atoms with Gasteiger partial charge in [-0.2, -0.15) is 0 Å². The minimum Gasteiger partial charge on any atom is -0.309 e. The standard InChI is InChI=1S/C9H17F2N/c1-2-7-3-4-8(5-7)12-6-9(10)11/h7-9,12H,2-6H2,1H3. The molecule has 72 valence electrons. The first-order chi connectivity index (χ1) is 5.72. The Morgan fingerprint density at radius 1 is 1.42 bits per heavy atom. The molecule has 1 nitrogen and oxygen atoms in total. The minimum atomic E-state index is -2.20. The smallest absolute Gasteiger partial charge is 0.250 e. The van der Waals surface area contributed by atoms with Gasteiger partial charge in [-0.25, -0.2) is 8.78 Å². The van der Waals surface area contributed by atoms with Crippen molar-refractivity contribution in [3.05, 3.63) is 0 Å². The molecule has 3 heteroatoms. The molecule has 1 N–H and O–H groups in total. The van der Waals surface area contributed by atoms with E-state index >= 15 is 0 Å². The first kappa shape index (κ1) is 9.90. The maximum absolute atomic E-state index is 11.8. The van der Waals surface area contributed by atoms with E-state index in [0.29, 0.717) is 6.04 Å². The third-order valence-electron chi connectivity index (χ3n) is 2.68. The molecule has 0 spiro atoms. The van der Waals surface area contributed by atoms with Crippen molar-refractivity contribution in [2.75, 3.05) is 6.54 Å². The molecule has 0 amide bonds. The zero-order valence-corrected chi connectivity index (χ0v) is 7.52. The van der Waals surface area contributed by atoms with Crippen LogP contribution in [0.2, 0.25) is 0 Å². The van der Waals surface area contributed by atoms with Gasteiger partial charge in [0.2, 0.25) is 0 Å². The van der Waals surface area contributed by atoms with E-state index in [9.17, 15) is 8.78 Å². The van der Waals surface area contributed by atoms with Gasteiger partial charge in [0, 0.05) is 6.04 Å². The summed E-state index contributed by atoms with van der Waals surface area (Å²) < 4.78 is 23.6. The molecule has 0 saturated heterocycles. The lowest BCUT2D eigenvalue weighted by Gasteiger charge is -2.11. The maximum atomic E-state index is 11.8. The van der Waals surface area contributed by atoms with Crippen molar-refractivity contribution in [3.8, 4) is 0 Å². The van der Waals surface area contributed by atoms with Crippen molar-refractivity contribution in [2.45, 2.75) is 45.1 Å². The number of alkyl halides is 2. The van der Waals surface area contributed by atoms with E-state index in [-0.39, 0.29) is 6.54 Å². The van der Waals surface area contributed by atoms with E-state index < -0.39 is 6.43 Å². The van der Waals surface area contributed by atoms with Gasteiger partial charge < -0.3 is 5.32 Å². The van der Waals surface area contributed by atoms with Crippen molar-refractivity contribution in [2.24, 2.45) is 5.92 Å². The Kier molecular flexibility index (Phi) is 3.92. The fraction of sp³-hybridized carbons (Fsp3) is 1.00. The van der Waals surface area contributed by atoms with Gasteiger partial charge in [-0.3, -0.25) is 0 Å². The number of halogens is 2. The monoisotopic (exact) mass is 177 g/mol. The Labute approximate surface area is 72.5 Å². The summed E-state index contributed by atoms with van der Waals surface area (Å²) in [6.07, 6.45) is 2.35. The summed E-state index contributed by atoms with van der Waals surface area (Å²) in [6.45, 7) is 2.03. The molecular formula is C9H17F2N. The van der Waals surface area contributed by atoms with Crippen LogP contribution in [0.15, 0.2) is 0 Å². The molecule has 1 aliphatic rings. The largest absolute Gasteiger partial charge is 0.309 e. The van der Waals surface area contributed by atoms with E-state index in [4.69, 9.17) is 0 Å². The van der Waals surface area contributed by atoms with E-state index in [1.165, 1.54) is 12.8 Å². The Morgan fingerprint density at radius 2 is 2.17 bits per heavy atom. The van der Waals surface area contributed by atoms with Gasteiger partial charge in [-0.05, 0) is 25.2 Å². The molecule has 1 fully saturated rings. The fourth-order valence-corrected chi connectivity index (χ4v) is 1.89. The Hall–Kier alpha value is -0.180. The highest BCUT2D eigenvalue weighted by Gasteiger charge is 2.23. The van der Waals surface area contributed by atoms with E-state index in [2.05, 4.69) is 12.2 Å². The summed E-state index contributed by atoms with van der Waals surface area (Å²) in [5.74, 6) is 0.764. The zero-order chi connectivity index (χ0) is 8.97. The molecule has 1 rings (SSSR count). The number of rotatable bonds is 4. The summed E-state index contributed by atoms with van der Waals surface area (Å²) in [4.78, 5) is 0. The summed E-state index contributed by atoms with van der Waals surface area (Å²) in [5, 5.41) is 2.90. The Bertz CT molecular complexity index is 128. The Morgan fingerprint density at radius 3 is 2.67 bits per heavy atom. The molecule has 0 aliphatic heterocycles. The van der Waals surface area contributed by atoms with Gasteiger partial charge in [-0.1, -0.05) is 13.3 Å². The second-order valence-corrected chi connectivity index (χ2v) is 3.58. The van der Waals surface area contributed by atoms with Crippen LogP contribution in [0.4, 0.5) is 8.78 Å². The molecule has 0 heterocycles. The number of nitrogens with one attached hydrogen (secondary N) is 1. The van der Waals surface area contributed by atoms with E-state index in [1.54, 1.807) is 0 Å². The number of hydrogen-bond acceptors (Lipinski definition) is 1. The summed E-state index contributed by atoms with van der Waals surface area (Å²) in [6, 6.07) is 0.351. The van der Waals surface area contributed by atoms with E-state index in [1.807, 2.05) is 0 Å². The molecule has 1 saturated carbocycles. The highest BCUT2D eigenvalue weighted by atomic mass is 19.3. The van der Waals surface area contributed by atoms with Crippen molar-refractivity contribution in [1.29, 1.82) is 0 Å². The van der Waals surface area contributed by atoms with Crippen molar-refractivity contribution in [3.63, 3.8) is 0 Å². The molecule has 0 bridgehead atoms. The average molecular weight is 177 g/mol. The van der Waals surface area contributed by atoms with Gasteiger partial charge in [-0.15, -0.1) is 0 Å².